The predicted molar refractivity (Wildman–Crippen MR) is 61.3 cm³/mol. The van der Waals surface area contributed by atoms with Crippen molar-refractivity contribution in [1.29, 1.82) is 0 Å². The number of hydrogen-bond donors (Lipinski definition) is 0. The minimum absolute atomic E-state index is 0.129. The van der Waals surface area contributed by atoms with Crippen LogP contribution in [0.15, 0.2) is 48.1 Å². The predicted octanol–water partition coefficient (Wildman–Crippen LogP) is 3.99. The standard InChI is InChI=1S/C14H15F/c1-11-6-5-9-14(2,10-11)12-7-3-4-8-13(12)15/h3-5,7-10H,6H2,1-2H3. The zero-order valence-electron chi connectivity index (χ0n) is 9.13. The lowest BCUT2D eigenvalue weighted by molar-refractivity contribution is 0.578. The van der Waals surface area contributed by atoms with Crippen LogP contribution in [0, 0.1) is 5.82 Å². The monoisotopic (exact) mass is 202 g/mol. The van der Waals surface area contributed by atoms with E-state index in [4.69, 9.17) is 0 Å². The van der Waals surface area contributed by atoms with Gasteiger partial charge in [0.25, 0.3) is 0 Å². The molecule has 1 atom stereocenters. The summed E-state index contributed by atoms with van der Waals surface area (Å²) in [5.41, 5.74) is 1.76. The van der Waals surface area contributed by atoms with Gasteiger partial charge in [0.1, 0.15) is 5.82 Å². The summed E-state index contributed by atoms with van der Waals surface area (Å²) in [7, 11) is 0. The van der Waals surface area contributed by atoms with E-state index in [0.29, 0.717) is 0 Å². The molecule has 0 saturated heterocycles. The fraction of sp³-hybridized carbons (Fsp3) is 0.286. The molecule has 0 aromatic heterocycles. The van der Waals surface area contributed by atoms with Crippen molar-refractivity contribution in [2.75, 3.05) is 0 Å². The maximum atomic E-state index is 13.7. The molecule has 1 aliphatic rings. The molecule has 1 unspecified atom stereocenters. The Bertz CT molecular complexity index is 429. The highest BCUT2D eigenvalue weighted by molar-refractivity contribution is 5.40. The van der Waals surface area contributed by atoms with Crippen LogP contribution >= 0.6 is 0 Å². The van der Waals surface area contributed by atoms with Gasteiger partial charge in [0, 0.05) is 11.0 Å². The molecular weight excluding hydrogens is 187 g/mol. The van der Waals surface area contributed by atoms with E-state index in [9.17, 15) is 4.39 Å². The first-order valence-electron chi connectivity index (χ1n) is 5.23. The lowest BCUT2D eigenvalue weighted by Crippen LogP contribution is -2.20. The average Bonchev–Trinajstić information content (AvgIpc) is 2.17. The maximum Gasteiger partial charge on any atom is 0.127 e. The van der Waals surface area contributed by atoms with Gasteiger partial charge < -0.3 is 0 Å². The Morgan fingerprint density at radius 2 is 2.00 bits per heavy atom. The van der Waals surface area contributed by atoms with Gasteiger partial charge in [0.2, 0.25) is 0 Å². The number of benzene rings is 1. The van der Waals surface area contributed by atoms with Crippen molar-refractivity contribution in [3.05, 3.63) is 59.4 Å². The normalized spacial score (nSPS) is 25.1. The second kappa shape index (κ2) is 3.65. The SMILES string of the molecule is CC1=CC(C)(c2ccccc2F)C=CC1. The van der Waals surface area contributed by atoms with Crippen molar-refractivity contribution in [3.63, 3.8) is 0 Å². The van der Waals surface area contributed by atoms with Crippen molar-refractivity contribution in [1.82, 2.24) is 0 Å². The van der Waals surface area contributed by atoms with Crippen molar-refractivity contribution in [3.8, 4) is 0 Å². The summed E-state index contributed by atoms with van der Waals surface area (Å²) in [5, 5.41) is 0. The van der Waals surface area contributed by atoms with Crippen molar-refractivity contribution >= 4 is 0 Å². The van der Waals surface area contributed by atoms with Gasteiger partial charge in [-0.15, -0.1) is 0 Å². The van der Waals surface area contributed by atoms with E-state index in [1.54, 1.807) is 6.07 Å². The third-order valence-corrected chi connectivity index (χ3v) is 2.90. The van der Waals surface area contributed by atoms with E-state index >= 15 is 0 Å². The highest BCUT2D eigenvalue weighted by Gasteiger charge is 2.25. The van der Waals surface area contributed by atoms with Gasteiger partial charge in [0.05, 0.1) is 0 Å². The van der Waals surface area contributed by atoms with Gasteiger partial charge in [0.15, 0.2) is 0 Å². The number of halogens is 1. The molecular formula is C14H15F. The van der Waals surface area contributed by atoms with Crippen LogP contribution in [0.25, 0.3) is 0 Å². The molecule has 1 heteroatoms. The molecule has 2 rings (SSSR count). The largest absolute Gasteiger partial charge is 0.207 e. The van der Waals surface area contributed by atoms with Crippen molar-refractivity contribution < 1.29 is 4.39 Å². The smallest absolute Gasteiger partial charge is 0.127 e. The number of hydrogen-bond acceptors (Lipinski definition) is 0. The first kappa shape index (κ1) is 10.2. The molecule has 1 aromatic rings. The fourth-order valence-corrected chi connectivity index (χ4v) is 2.17. The second-order valence-electron chi connectivity index (χ2n) is 4.36. The van der Waals surface area contributed by atoms with E-state index in [0.717, 1.165) is 12.0 Å². The lowest BCUT2D eigenvalue weighted by Gasteiger charge is -2.27. The second-order valence-corrected chi connectivity index (χ2v) is 4.36. The molecule has 0 heterocycles. The third-order valence-electron chi connectivity index (χ3n) is 2.90. The van der Waals surface area contributed by atoms with E-state index in [1.165, 1.54) is 11.6 Å². The Labute approximate surface area is 90.1 Å². The minimum Gasteiger partial charge on any atom is -0.207 e. The molecule has 15 heavy (non-hydrogen) atoms. The van der Waals surface area contributed by atoms with Crippen LogP contribution in [-0.2, 0) is 5.41 Å². The highest BCUT2D eigenvalue weighted by Crippen LogP contribution is 2.33. The summed E-state index contributed by atoms with van der Waals surface area (Å²) in [6, 6.07) is 6.99. The fourth-order valence-electron chi connectivity index (χ4n) is 2.17. The lowest BCUT2D eigenvalue weighted by atomic mass is 9.77. The van der Waals surface area contributed by atoms with Crippen LogP contribution in [0.1, 0.15) is 25.8 Å². The van der Waals surface area contributed by atoms with Gasteiger partial charge in [-0.1, -0.05) is 42.0 Å². The zero-order valence-corrected chi connectivity index (χ0v) is 9.13. The minimum atomic E-state index is -0.284. The van der Waals surface area contributed by atoms with Crippen molar-refractivity contribution in [2.24, 2.45) is 0 Å². The molecule has 0 amide bonds. The highest BCUT2D eigenvalue weighted by atomic mass is 19.1. The van der Waals surface area contributed by atoms with Crippen LogP contribution in [-0.4, -0.2) is 0 Å². The molecule has 78 valence electrons. The van der Waals surface area contributed by atoms with E-state index < -0.39 is 0 Å². The molecule has 0 fully saturated rings. The first-order chi connectivity index (χ1) is 7.12. The van der Waals surface area contributed by atoms with Gasteiger partial charge >= 0.3 is 0 Å². The Balaban J connectivity index is 2.50. The summed E-state index contributed by atoms with van der Waals surface area (Å²) < 4.78 is 13.7. The molecule has 1 aromatic carbocycles. The van der Waals surface area contributed by atoms with Crippen LogP contribution in [0.5, 0.6) is 0 Å². The number of rotatable bonds is 1. The van der Waals surface area contributed by atoms with E-state index in [-0.39, 0.29) is 11.2 Å². The third kappa shape index (κ3) is 1.87. The quantitative estimate of drug-likeness (QED) is 0.604. The first-order valence-corrected chi connectivity index (χ1v) is 5.23. The van der Waals surface area contributed by atoms with Gasteiger partial charge in [-0.25, -0.2) is 4.39 Å². The van der Waals surface area contributed by atoms with Crippen LogP contribution < -0.4 is 0 Å². The molecule has 1 aliphatic carbocycles. The Morgan fingerprint density at radius 1 is 1.27 bits per heavy atom. The summed E-state index contributed by atoms with van der Waals surface area (Å²) in [5.74, 6) is -0.129. The Morgan fingerprint density at radius 3 is 2.67 bits per heavy atom. The van der Waals surface area contributed by atoms with Crippen molar-refractivity contribution in [2.45, 2.75) is 25.7 Å². The van der Waals surface area contributed by atoms with Crippen LogP contribution in [0.4, 0.5) is 4.39 Å². The molecule has 0 radical (unpaired) electrons. The molecule has 0 spiro atoms. The Kier molecular flexibility index (Phi) is 2.47. The summed E-state index contributed by atoms with van der Waals surface area (Å²) in [6.07, 6.45) is 7.32. The molecule has 0 N–H and O–H groups in total. The van der Waals surface area contributed by atoms with Gasteiger partial charge in [-0.2, -0.15) is 0 Å². The topological polar surface area (TPSA) is 0 Å². The Hall–Kier alpha value is -1.37. The molecule has 0 bridgehead atoms. The molecule has 0 aliphatic heterocycles. The van der Waals surface area contributed by atoms with E-state index in [2.05, 4.69) is 25.2 Å². The molecule has 0 saturated carbocycles. The van der Waals surface area contributed by atoms with Gasteiger partial charge in [-0.3, -0.25) is 0 Å². The van der Waals surface area contributed by atoms with E-state index in [1.807, 2.05) is 19.1 Å². The number of allylic oxidation sites excluding steroid dienone is 4. The average molecular weight is 202 g/mol. The van der Waals surface area contributed by atoms with Crippen LogP contribution in [0.3, 0.4) is 0 Å². The van der Waals surface area contributed by atoms with Crippen LogP contribution in [0.2, 0.25) is 0 Å². The molecule has 0 nitrogen and oxygen atoms in total. The maximum absolute atomic E-state index is 13.7. The summed E-state index contributed by atoms with van der Waals surface area (Å²) in [6.45, 7) is 4.13. The summed E-state index contributed by atoms with van der Waals surface area (Å²) in [4.78, 5) is 0. The van der Waals surface area contributed by atoms with Gasteiger partial charge in [-0.05, 0) is 26.3 Å². The summed E-state index contributed by atoms with van der Waals surface area (Å²) >= 11 is 0. The zero-order chi connectivity index (χ0) is 10.9.